The minimum absolute atomic E-state index is 0.275. The maximum atomic E-state index is 13.4. The van der Waals surface area contributed by atoms with Crippen LogP contribution in [-0.2, 0) is 15.8 Å². The maximum Gasteiger partial charge on any atom is 0.416 e. The molecule has 3 rings (SSSR count). The van der Waals surface area contributed by atoms with Crippen LogP contribution in [0, 0.1) is 0 Å². The highest BCUT2D eigenvalue weighted by molar-refractivity contribution is 6.27. The van der Waals surface area contributed by atoms with Gasteiger partial charge in [0.05, 0.1) is 12.2 Å². The van der Waals surface area contributed by atoms with Crippen LogP contribution in [-0.4, -0.2) is 47.8 Å². The van der Waals surface area contributed by atoms with Crippen LogP contribution in [0.3, 0.4) is 0 Å². The zero-order chi connectivity index (χ0) is 24.6. The second-order valence-corrected chi connectivity index (χ2v) is 7.29. The van der Waals surface area contributed by atoms with Gasteiger partial charge in [-0.15, -0.1) is 0 Å². The number of carboxylic acids is 2. The number of hydrogen-bond donors (Lipinski definition) is 2. The van der Waals surface area contributed by atoms with Crippen molar-refractivity contribution in [2.45, 2.75) is 18.6 Å². The van der Waals surface area contributed by atoms with Crippen molar-refractivity contribution in [1.82, 2.24) is 4.90 Å². The molecule has 0 aliphatic rings. The van der Waals surface area contributed by atoms with E-state index in [0.717, 1.165) is 22.6 Å². The first-order valence-corrected chi connectivity index (χ1v) is 9.91. The average Bonchev–Trinajstić information content (AvgIpc) is 2.76. The molecule has 0 saturated heterocycles. The summed E-state index contributed by atoms with van der Waals surface area (Å²) in [5, 5.41) is 16.9. The molecule has 0 aromatic heterocycles. The molecular formula is C24H24F3NO5. The summed E-state index contributed by atoms with van der Waals surface area (Å²) in [4.78, 5) is 20.0. The predicted molar refractivity (Wildman–Crippen MR) is 117 cm³/mol. The molecule has 33 heavy (non-hydrogen) atoms. The summed E-state index contributed by atoms with van der Waals surface area (Å²) in [6, 6.07) is 19.1. The zero-order valence-corrected chi connectivity index (χ0v) is 18.0. The number of nitrogens with zero attached hydrogens (tertiary/aromatic N) is 1. The highest BCUT2D eigenvalue weighted by Crippen LogP contribution is 2.37. The molecule has 0 amide bonds. The van der Waals surface area contributed by atoms with E-state index in [1.165, 1.54) is 6.07 Å². The van der Waals surface area contributed by atoms with E-state index in [1.54, 1.807) is 31.1 Å². The summed E-state index contributed by atoms with van der Waals surface area (Å²) in [6.07, 6.45) is -3.93. The van der Waals surface area contributed by atoms with Gasteiger partial charge in [0.25, 0.3) is 0 Å². The Morgan fingerprint density at radius 2 is 1.48 bits per heavy atom. The van der Waals surface area contributed by atoms with E-state index >= 15 is 0 Å². The molecule has 0 fully saturated rings. The second-order valence-electron chi connectivity index (χ2n) is 7.29. The number of carbonyl (C=O) groups is 2. The summed E-state index contributed by atoms with van der Waals surface area (Å²) >= 11 is 0. The van der Waals surface area contributed by atoms with Gasteiger partial charge in [-0.1, -0.05) is 54.6 Å². The van der Waals surface area contributed by atoms with Gasteiger partial charge in [0, 0.05) is 17.8 Å². The third-order valence-corrected chi connectivity index (χ3v) is 4.83. The van der Waals surface area contributed by atoms with E-state index in [9.17, 15) is 13.2 Å². The number of halogens is 3. The topological polar surface area (TPSA) is 87.1 Å². The quantitative estimate of drug-likeness (QED) is 0.496. The summed E-state index contributed by atoms with van der Waals surface area (Å²) in [6.45, 7) is 0.322. The number of carboxylic acid groups (broad SMARTS) is 2. The molecule has 1 atom stereocenters. The van der Waals surface area contributed by atoms with Crippen molar-refractivity contribution in [3.63, 3.8) is 0 Å². The number of hydrogen-bond acceptors (Lipinski definition) is 4. The van der Waals surface area contributed by atoms with Crippen LogP contribution in [0.5, 0.6) is 5.75 Å². The fourth-order valence-electron chi connectivity index (χ4n) is 3.34. The Kier molecular flexibility index (Phi) is 8.81. The Bertz CT molecular complexity index is 1080. The Balaban J connectivity index is 0.000000569. The van der Waals surface area contributed by atoms with E-state index in [1.807, 2.05) is 42.5 Å². The van der Waals surface area contributed by atoms with Gasteiger partial charge in [-0.3, -0.25) is 0 Å². The number of benzene rings is 3. The smallest absolute Gasteiger partial charge is 0.416 e. The molecule has 2 N–H and O–H groups in total. The zero-order valence-electron chi connectivity index (χ0n) is 18.0. The number of aliphatic carboxylic acids is 2. The van der Waals surface area contributed by atoms with Crippen LogP contribution in [0.1, 0.15) is 23.6 Å². The molecule has 0 saturated carbocycles. The van der Waals surface area contributed by atoms with Crippen LogP contribution >= 0.6 is 0 Å². The van der Waals surface area contributed by atoms with E-state index < -0.39 is 29.7 Å². The van der Waals surface area contributed by atoms with Gasteiger partial charge in [0.2, 0.25) is 0 Å². The van der Waals surface area contributed by atoms with E-state index in [4.69, 9.17) is 24.5 Å². The lowest BCUT2D eigenvalue weighted by Crippen LogP contribution is -2.25. The standard InChI is InChI=1S/C22H22F3NO.C2H2O4/c1-26(2)20(18-11-5-6-12-19(18)22(23,24)25)14-15-27-21-13-7-9-16-8-3-4-10-17(16)21;3-1(4)2(5)6/h3-13,20H,14-15H2,1-2H3;(H,3,4)(H,5,6). The molecule has 9 heteroatoms. The van der Waals surface area contributed by atoms with Crippen molar-refractivity contribution < 1.29 is 37.7 Å². The summed E-state index contributed by atoms with van der Waals surface area (Å²) < 4.78 is 46.1. The molecule has 3 aromatic rings. The Labute approximate surface area is 188 Å². The second kappa shape index (κ2) is 11.3. The first-order valence-electron chi connectivity index (χ1n) is 9.91. The fraction of sp³-hybridized carbons (Fsp3) is 0.250. The largest absolute Gasteiger partial charge is 0.493 e. The van der Waals surface area contributed by atoms with Crippen molar-refractivity contribution >= 4 is 22.7 Å². The molecule has 0 radical (unpaired) electrons. The number of ether oxygens (including phenoxy) is 1. The predicted octanol–water partition coefficient (Wildman–Crippen LogP) is 5.09. The van der Waals surface area contributed by atoms with Crippen LogP contribution < -0.4 is 4.74 Å². The lowest BCUT2D eigenvalue weighted by Gasteiger charge is -2.27. The van der Waals surface area contributed by atoms with E-state index in [-0.39, 0.29) is 5.56 Å². The minimum atomic E-state index is -4.37. The van der Waals surface area contributed by atoms with E-state index in [2.05, 4.69) is 0 Å². The first-order chi connectivity index (χ1) is 15.5. The Morgan fingerprint density at radius 3 is 2.09 bits per heavy atom. The third kappa shape index (κ3) is 7.21. The molecule has 0 heterocycles. The molecule has 0 aliphatic carbocycles. The van der Waals surface area contributed by atoms with Gasteiger partial charge >= 0.3 is 18.1 Å². The molecule has 0 aliphatic heterocycles. The fourth-order valence-corrected chi connectivity index (χ4v) is 3.34. The van der Waals surface area contributed by atoms with Crippen molar-refractivity contribution in [2.75, 3.05) is 20.7 Å². The van der Waals surface area contributed by atoms with Crippen molar-refractivity contribution in [3.05, 3.63) is 77.9 Å². The monoisotopic (exact) mass is 463 g/mol. The highest BCUT2D eigenvalue weighted by atomic mass is 19.4. The first kappa shape index (κ1) is 25.7. The molecule has 1 unspecified atom stereocenters. The van der Waals surface area contributed by atoms with Gasteiger partial charge in [-0.2, -0.15) is 13.2 Å². The lowest BCUT2D eigenvalue weighted by atomic mass is 9.97. The van der Waals surface area contributed by atoms with Crippen LogP contribution in [0.2, 0.25) is 0 Å². The molecule has 3 aromatic carbocycles. The van der Waals surface area contributed by atoms with Crippen molar-refractivity contribution in [2.24, 2.45) is 0 Å². The Hall–Kier alpha value is -3.59. The van der Waals surface area contributed by atoms with E-state index in [0.29, 0.717) is 13.0 Å². The van der Waals surface area contributed by atoms with Crippen LogP contribution in [0.4, 0.5) is 13.2 Å². The molecular weight excluding hydrogens is 439 g/mol. The van der Waals surface area contributed by atoms with Gasteiger partial charge in [-0.05, 0) is 37.2 Å². The average molecular weight is 463 g/mol. The van der Waals surface area contributed by atoms with Gasteiger partial charge < -0.3 is 19.8 Å². The molecule has 0 spiro atoms. The minimum Gasteiger partial charge on any atom is -0.493 e. The van der Waals surface area contributed by atoms with Gasteiger partial charge in [0.15, 0.2) is 0 Å². The van der Waals surface area contributed by atoms with Crippen molar-refractivity contribution in [1.29, 1.82) is 0 Å². The van der Waals surface area contributed by atoms with Gasteiger partial charge in [0.1, 0.15) is 5.75 Å². The Morgan fingerprint density at radius 1 is 0.909 bits per heavy atom. The van der Waals surface area contributed by atoms with Crippen LogP contribution in [0.25, 0.3) is 10.8 Å². The summed E-state index contributed by atoms with van der Waals surface area (Å²) in [5.74, 6) is -2.90. The summed E-state index contributed by atoms with van der Waals surface area (Å²) in [5.41, 5.74) is -0.314. The molecule has 0 bridgehead atoms. The molecule has 176 valence electrons. The third-order valence-electron chi connectivity index (χ3n) is 4.83. The van der Waals surface area contributed by atoms with Crippen LogP contribution in [0.15, 0.2) is 66.7 Å². The number of fused-ring (bicyclic) bond motifs is 1. The van der Waals surface area contributed by atoms with Crippen molar-refractivity contribution in [3.8, 4) is 5.75 Å². The highest BCUT2D eigenvalue weighted by Gasteiger charge is 2.35. The molecule has 6 nitrogen and oxygen atoms in total. The lowest BCUT2D eigenvalue weighted by molar-refractivity contribution is -0.159. The normalized spacial score (nSPS) is 12.1. The summed E-state index contributed by atoms with van der Waals surface area (Å²) in [7, 11) is 3.57. The number of alkyl halides is 3. The SMILES string of the molecule is CN(C)C(CCOc1cccc2ccccc12)c1ccccc1C(F)(F)F.O=C(O)C(=O)O. The number of rotatable bonds is 6. The maximum absolute atomic E-state index is 13.4. The van der Waals surface area contributed by atoms with Gasteiger partial charge in [-0.25, -0.2) is 9.59 Å².